The third-order valence-electron chi connectivity index (χ3n) is 7.55. The van der Waals surface area contributed by atoms with Crippen molar-refractivity contribution < 1.29 is 9.90 Å². The topological polar surface area (TPSA) is 74.0 Å². The van der Waals surface area contributed by atoms with E-state index < -0.39 is 6.10 Å². The number of nitrogens with zero attached hydrogens (tertiary/aromatic N) is 5. The molecule has 2 fully saturated rings. The zero-order valence-corrected chi connectivity index (χ0v) is 18.4. The lowest BCUT2D eigenvalue weighted by Gasteiger charge is -2.43. The number of fused-ring (bicyclic) bond motifs is 2. The number of benzene rings is 1. The van der Waals surface area contributed by atoms with Crippen molar-refractivity contribution in [1.29, 1.82) is 0 Å². The zero-order valence-electron chi connectivity index (χ0n) is 18.4. The van der Waals surface area contributed by atoms with Crippen LogP contribution in [0.1, 0.15) is 52.9 Å². The number of likely N-dealkylation sites (tertiary alicyclic amines) is 1. The second-order valence-electron chi connectivity index (χ2n) is 9.70. The molecule has 7 heteroatoms. The summed E-state index contributed by atoms with van der Waals surface area (Å²) in [4.78, 5) is 26.2. The quantitative estimate of drug-likeness (QED) is 0.690. The van der Waals surface area contributed by atoms with Gasteiger partial charge >= 0.3 is 0 Å². The van der Waals surface area contributed by atoms with E-state index >= 15 is 0 Å². The van der Waals surface area contributed by atoms with E-state index in [9.17, 15) is 9.90 Å². The van der Waals surface area contributed by atoms with E-state index in [2.05, 4.69) is 52.3 Å². The van der Waals surface area contributed by atoms with Crippen LogP contribution in [0.25, 0.3) is 5.78 Å². The molecule has 1 amide bonds. The second kappa shape index (κ2) is 7.67. The Morgan fingerprint density at radius 2 is 1.97 bits per heavy atom. The van der Waals surface area contributed by atoms with Gasteiger partial charge in [0.2, 0.25) is 5.78 Å². The van der Waals surface area contributed by atoms with Crippen molar-refractivity contribution in [2.24, 2.45) is 5.92 Å². The van der Waals surface area contributed by atoms with Gasteiger partial charge in [-0.05, 0) is 47.8 Å². The molecule has 32 heavy (non-hydrogen) atoms. The highest BCUT2D eigenvalue weighted by molar-refractivity contribution is 5.92. The molecular formula is C25H29N5O2. The van der Waals surface area contributed by atoms with Crippen LogP contribution in [-0.4, -0.2) is 67.0 Å². The number of amides is 1. The fourth-order valence-corrected chi connectivity index (χ4v) is 5.47. The number of hydrogen-bond acceptors (Lipinski definition) is 5. The number of aromatic nitrogens is 3. The minimum Gasteiger partial charge on any atom is -0.390 e. The SMILES string of the molecule is CC1CC1c1cnc2nc(C(=O)N3CC[C@H](N4CCc5ccccc5C4)[C@@H](O)C3)cn2c1. The number of β-amino-alcohol motifs (C(OH)–C–C–N with tert-alkyl or cyclic N) is 1. The van der Waals surface area contributed by atoms with Crippen molar-refractivity contribution in [3.63, 3.8) is 0 Å². The zero-order chi connectivity index (χ0) is 21.8. The highest BCUT2D eigenvalue weighted by Gasteiger charge is 2.36. The molecule has 1 aromatic carbocycles. The second-order valence-corrected chi connectivity index (χ2v) is 9.70. The van der Waals surface area contributed by atoms with Crippen LogP contribution in [0, 0.1) is 5.92 Å². The predicted octanol–water partition coefficient (Wildman–Crippen LogP) is 2.49. The van der Waals surface area contributed by atoms with E-state index in [1.807, 2.05) is 10.6 Å². The Labute approximate surface area is 187 Å². The lowest BCUT2D eigenvalue weighted by molar-refractivity contribution is -0.0139. The molecule has 166 valence electrons. The van der Waals surface area contributed by atoms with Crippen LogP contribution in [0.2, 0.25) is 0 Å². The highest BCUT2D eigenvalue weighted by Crippen LogP contribution is 2.46. The normalized spacial score (nSPS) is 28.0. The summed E-state index contributed by atoms with van der Waals surface area (Å²) in [7, 11) is 0. The standard InChI is InChI=1S/C25H29N5O2/c1-16-10-20(16)19-11-26-25-27-21(14-30(25)13-19)24(32)29-9-7-22(23(31)15-29)28-8-6-17-4-2-3-5-18(17)12-28/h2-5,11,13-14,16,20,22-23,31H,6-10,12,15H2,1H3/t16?,20?,22-,23-/m0/s1. The molecule has 1 saturated carbocycles. The number of carbonyl (C=O) groups excluding carboxylic acids is 1. The Kier molecular flexibility index (Phi) is 4.77. The maximum Gasteiger partial charge on any atom is 0.274 e. The summed E-state index contributed by atoms with van der Waals surface area (Å²) in [5, 5.41) is 10.9. The summed E-state index contributed by atoms with van der Waals surface area (Å²) >= 11 is 0. The van der Waals surface area contributed by atoms with Crippen molar-refractivity contribution >= 4 is 11.7 Å². The largest absolute Gasteiger partial charge is 0.390 e. The molecule has 0 radical (unpaired) electrons. The summed E-state index contributed by atoms with van der Waals surface area (Å²) in [5.74, 6) is 1.70. The van der Waals surface area contributed by atoms with Crippen LogP contribution in [0.4, 0.5) is 0 Å². The number of piperidine rings is 1. The molecule has 0 bridgehead atoms. The summed E-state index contributed by atoms with van der Waals surface area (Å²) in [6.45, 7) is 5.03. The van der Waals surface area contributed by atoms with E-state index in [4.69, 9.17) is 0 Å². The van der Waals surface area contributed by atoms with Crippen LogP contribution >= 0.6 is 0 Å². The van der Waals surface area contributed by atoms with Crippen molar-refractivity contribution in [3.05, 3.63) is 65.2 Å². The average Bonchev–Trinajstić information content (AvgIpc) is 3.39. The lowest BCUT2D eigenvalue weighted by Crippen LogP contribution is -2.56. The van der Waals surface area contributed by atoms with Gasteiger partial charge in [-0.1, -0.05) is 31.2 Å². The Morgan fingerprint density at radius 3 is 2.75 bits per heavy atom. The molecule has 4 atom stereocenters. The first-order chi connectivity index (χ1) is 15.6. The van der Waals surface area contributed by atoms with E-state index in [0.29, 0.717) is 36.4 Å². The number of imidazole rings is 1. The molecular weight excluding hydrogens is 402 g/mol. The van der Waals surface area contributed by atoms with Crippen LogP contribution < -0.4 is 0 Å². The van der Waals surface area contributed by atoms with Gasteiger partial charge < -0.3 is 10.0 Å². The fraction of sp³-hybridized carbons (Fsp3) is 0.480. The third-order valence-corrected chi connectivity index (χ3v) is 7.55. The van der Waals surface area contributed by atoms with Crippen molar-refractivity contribution in [3.8, 4) is 0 Å². The Bertz CT molecular complexity index is 1170. The Balaban J connectivity index is 1.14. The number of aliphatic hydroxyl groups excluding tert-OH is 1. The molecule has 6 rings (SSSR count). The Morgan fingerprint density at radius 1 is 1.16 bits per heavy atom. The molecule has 2 aliphatic heterocycles. The molecule has 1 N–H and O–H groups in total. The third kappa shape index (κ3) is 3.49. The van der Waals surface area contributed by atoms with Gasteiger partial charge in [0.25, 0.3) is 5.91 Å². The molecule has 3 aromatic rings. The Hall–Kier alpha value is -2.77. The summed E-state index contributed by atoms with van der Waals surface area (Å²) in [6, 6.07) is 8.63. The van der Waals surface area contributed by atoms with Crippen LogP contribution in [0.3, 0.4) is 0 Å². The monoisotopic (exact) mass is 431 g/mol. The molecule has 4 heterocycles. The summed E-state index contributed by atoms with van der Waals surface area (Å²) in [6.07, 6.45) is 8.13. The molecule has 1 aliphatic carbocycles. The number of hydrogen-bond donors (Lipinski definition) is 1. The first kappa shape index (κ1) is 19.9. The van der Waals surface area contributed by atoms with Crippen LogP contribution in [-0.2, 0) is 13.0 Å². The minimum atomic E-state index is -0.559. The summed E-state index contributed by atoms with van der Waals surface area (Å²) < 4.78 is 1.86. The van der Waals surface area contributed by atoms with Gasteiger partial charge in [0.05, 0.1) is 6.10 Å². The van der Waals surface area contributed by atoms with Gasteiger partial charge in [0.15, 0.2) is 0 Å². The molecule has 2 unspecified atom stereocenters. The van der Waals surface area contributed by atoms with E-state index in [0.717, 1.165) is 25.9 Å². The lowest BCUT2D eigenvalue weighted by atomic mass is 9.94. The van der Waals surface area contributed by atoms with Crippen LogP contribution in [0.15, 0.2) is 42.9 Å². The minimum absolute atomic E-state index is 0.0817. The van der Waals surface area contributed by atoms with Gasteiger partial charge in [-0.2, -0.15) is 0 Å². The van der Waals surface area contributed by atoms with Gasteiger partial charge in [0, 0.05) is 50.8 Å². The first-order valence-electron chi connectivity index (χ1n) is 11.7. The number of carbonyl (C=O) groups is 1. The summed E-state index contributed by atoms with van der Waals surface area (Å²) in [5.41, 5.74) is 4.36. The van der Waals surface area contributed by atoms with E-state index in [1.54, 1.807) is 11.1 Å². The maximum absolute atomic E-state index is 13.1. The average molecular weight is 432 g/mol. The highest BCUT2D eigenvalue weighted by atomic mass is 16.3. The molecule has 3 aliphatic rings. The predicted molar refractivity (Wildman–Crippen MR) is 120 cm³/mol. The molecule has 1 saturated heterocycles. The molecule has 7 nitrogen and oxygen atoms in total. The fourth-order valence-electron chi connectivity index (χ4n) is 5.47. The van der Waals surface area contributed by atoms with E-state index in [-0.39, 0.29) is 11.9 Å². The van der Waals surface area contributed by atoms with Gasteiger partial charge in [-0.15, -0.1) is 0 Å². The van der Waals surface area contributed by atoms with Crippen molar-refractivity contribution in [2.45, 2.75) is 50.8 Å². The van der Waals surface area contributed by atoms with Gasteiger partial charge in [-0.25, -0.2) is 9.97 Å². The number of aliphatic hydroxyl groups is 1. The molecule has 0 spiro atoms. The number of rotatable bonds is 3. The first-order valence-corrected chi connectivity index (χ1v) is 11.7. The smallest absolute Gasteiger partial charge is 0.274 e. The van der Waals surface area contributed by atoms with Crippen molar-refractivity contribution in [2.75, 3.05) is 19.6 Å². The maximum atomic E-state index is 13.1. The van der Waals surface area contributed by atoms with Gasteiger partial charge in [-0.3, -0.25) is 14.1 Å². The molecule has 2 aromatic heterocycles. The van der Waals surface area contributed by atoms with Crippen molar-refractivity contribution in [1.82, 2.24) is 24.2 Å². The van der Waals surface area contributed by atoms with E-state index in [1.165, 1.54) is 23.1 Å². The van der Waals surface area contributed by atoms with Gasteiger partial charge in [0.1, 0.15) is 5.69 Å². The van der Waals surface area contributed by atoms with Crippen LogP contribution in [0.5, 0.6) is 0 Å².